The third-order valence-electron chi connectivity index (χ3n) is 2.20. The van der Waals surface area contributed by atoms with Crippen LogP contribution in [0.2, 0.25) is 0 Å². The van der Waals surface area contributed by atoms with Gasteiger partial charge in [-0.05, 0) is 19.3 Å². The molecule has 2 unspecified atom stereocenters. The van der Waals surface area contributed by atoms with E-state index in [-0.39, 0.29) is 6.10 Å². The van der Waals surface area contributed by atoms with Gasteiger partial charge in [0.2, 0.25) is 0 Å². The van der Waals surface area contributed by atoms with Gasteiger partial charge in [0.1, 0.15) is 0 Å². The molecule has 1 radical (unpaired) electrons. The number of aliphatic hydroxyl groups excluding tert-OH is 1. The first kappa shape index (κ1) is 9.01. The van der Waals surface area contributed by atoms with Crippen molar-refractivity contribution in [1.82, 2.24) is 4.90 Å². The van der Waals surface area contributed by atoms with Crippen molar-refractivity contribution in [1.29, 1.82) is 0 Å². The van der Waals surface area contributed by atoms with Crippen LogP contribution in [0.15, 0.2) is 0 Å². The van der Waals surface area contributed by atoms with Crippen LogP contribution in [-0.4, -0.2) is 35.2 Å². The minimum atomic E-state index is -0.0932. The molecule has 2 atom stereocenters. The highest BCUT2D eigenvalue weighted by Crippen LogP contribution is 2.18. The summed E-state index contributed by atoms with van der Waals surface area (Å²) < 4.78 is 0. The Morgan fingerprint density at radius 1 is 1.55 bits per heavy atom. The Morgan fingerprint density at radius 3 is 2.55 bits per heavy atom. The standard InChI is InChI=1S/C9H18NO/c1-7(2)5-10-6-9(11)4-8(10)3/h8-9,11H,4-6H2,1-3H3. The third-order valence-corrected chi connectivity index (χ3v) is 2.20. The molecule has 1 rings (SSSR count). The molecule has 1 heterocycles. The van der Waals surface area contributed by atoms with Crippen LogP contribution in [-0.2, 0) is 0 Å². The maximum absolute atomic E-state index is 9.33. The van der Waals surface area contributed by atoms with Crippen molar-refractivity contribution in [3.05, 3.63) is 5.92 Å². The molecule has 1 aliphatic heterocycles. The van der Waals surface area contributed by atoms with Crippen LogP contribution in [0.3, 0.4) is 0 Å². The van der Waals surface area contributed by atoms with E-state index >= 15 is 0 Å². The van der Waals surface area contributed by atoms with Gasteiger partial charge < -0.3 is 5.11 Å². The molecule has 0 aromatic heterocycles. The average molecular weight is 156 g/mol. The predicted octanol–water partition coefficient (Wildman–Crippen LogP) is 1.06. The molecule has 0 aliphatic carbocycles. The molecule has 1 fully saturated rings. The van der Waals surface area contributed by atoms with Crippen LogP contribution in [0.1, 0.15) is 27.2 Å². The smallest absolute Gasteiger partial charge is 0.0682 e. The lowest BCUT2D eigenvalue weighted by Crippen LogP contribution is -2.30. The second-order valence-electron chi connectivity index (χ2n) is 3.88. The summed E-state index contributed by atoms with van der Waals surface area (Å²) in [5.74, 6) is 1.42. The van der Waals surface area contributed by atoms with Gasteiger partial charge in [-0.15, -0.1) is 0 Å². The normalized spacial score (nSPS) is 33.5. The van der Waals surface area contributed by atoms with Gasteiger partial charge in [-0.25, -0.2) is 0 Å². The third kappa shape index (κ3) is 2.46. The number of likely N-dealkylation sites (tertiary alicyclic amines) is 1. The van der Waals surface area contributed by atoms with Gasteiger partial charge in [-0.2, -0.15) is 0 Å². The van der Waals surface area contributed by atoms with Crippen molar-refractivity contribution in [2.75, 3.05) is 13.1 Å². The lowest BCUT2D eigenvalue weighted by Gasteiger charge is -2.22. The first-order chi connectivity index (χ1) is 5.09. The lowest BCUT2D eigenvalue weighted by molar-refractivity contribution is 0.177. The minimum Gasteiger partial charge on any atom is -0.392 e. The van der Waals surface area contributed by atoms with Crippen molar-refractivity contribution in [2.24, 2.45) is 0 Å². The summed E-state index contributed by atoms with van der Waals surface area (Å²) >= 11 is 0. The van der Waals surface area contributed by atoms with Crippen molar-refractivity contribution in [2.45, 2.75) is 39.3 Å². The predicted molar refractivity (Wildman–Crippen MR) is 46.2 cm³/mol. The Morgan fingerprint density at radius 2 is 2.18 bits per heavy atom. The molecule has 0 amide bonds. The first-order valence-electron chi connectivity index (χ1n) is 4.30. The largest absolute Gasteiger partial charge is 0.392 e. The second kappa shape index (κ2) is 3.55. The fourth-order valence-corrected chi connectivity index (χ4v) is 1.69. The zero-order valence-electron chi connectivity index (χ0n) is 7.67. The highest BCUT2D eigenvalue weighted by molar-refractivity contribution is 4.89. The van der Waals surface area contributed by atoms with Crippen LogP contribution in [0.5, 0.6) is 0 Å². The fraction of sp³-hybridized carbons (Fsp3) is 0.889. The summed E-state index contributed by atoms with van der Waals surface area (Å²) in [5.41, 5.74) is 0. The summed E-state index contributed by atoms with van der Waals surface area (Å²) in [6.07, 6.45) is 0.845. The molecule has 65 valence electrons. The highest BCUT2D eigenvalue weighted by Gasteiger charge is 2.27. The molecule has 1 aliphatic rings. The number of aliphatic hydroxyl groups is 1. The summed E-state index contributed by atoms with van der Waals surface area (Å²) in [7, 11) is 0. The van der Waals surface area contributed by atoms with Crippen molar-refractivity contribution in [3.63, 3.8) is 0 Å². The highest BCUT2D eigenvalue weighted by atomic mass is 16.3. The van der Waals surface area contributed by atoms with E-state index in [1.807, 2.05) is 0 Å². The van der Waals surface area contributed by atoms with Crippen molar-refractivity contribution in [3.8, 4) is 0 Å². The van der Waals surface area contributed by atoms with Gasteiger partial charge in [0.05, 0.1) is 6.10 Å². The summed E-state index contributed by atoms with van der Waals surface area (Å²) in [4.78, 5) is 2.33. The quantitative estimate of drug-likeness (QED) is 0.646. The van der Waals surface area contributed by atoms with E-state index in [0.717, 1.165) is 19.5 Å². The zero-order valence-corrected chi connectivity index (χ0v) is 7.67. The number of hydrogen-bond donors (Lipinski definition) is 1. The first-order valence-corrected chi connectivity index (χ1v) is 4.30. The van der Waals surface area contributed by atoms with Crippen molar-refractivity contribution >= 4 is 0 Å². The van der Waals surface area contributed by atoms with Gasteiger partial charge in [-0.1, -0.05) is 13.8 Å². The maximum Gasteiger partial charge on any atom is 0.0682 e. The Hall–Kier alpha value is -0.0800. The molecule has 0 aromatic carbocycles. The maximum atomic E-state index is 9.33. The lowest BCUT2D eigenvalue weighted by atomic mass is 10.2. The molecule has 0 bridgehead atoms. The Kier molecular flexibility index (Phi) is 2.90. The minimum absolute atomic E-state index is 0.0932. The van der Waals surface area contributed by atoms with Crippen LogP contribution in [0.25, 0.3) is 0 Å². The van der Waals surface area contributed by atoms with E-state index in [1.54, 1.807) is 0 Å². The number of nitrogens with zero attached hydrogens (tertiary/aromatic N) is 1. The zero-order chi connectivity index (χ0) is 8.43. The van der Waals surface area contributed by atoms with Crippen LogP contribution < -0.4 is 0 Å². The van der Waals surface area contributed by atoms with Gasteiger partial charge in [0, 0.05) is 19.1 Å². The number of hydrogen-bond acceptors (Lipinski definition) is 2. The van der Waals surface area contributed by atoms with Crippen LogP contribution in [0, 0.1) is 5.92 Å². The van der Waals surface area contributed by atoms with Gasteiger partial charge in [0.15, 0.2) is 0 Å². The van der Waals surface area contributed by atoms with E-state index < -0.39 is 0 Å². The van der Waals surface area contributed by atoms with Crippen LogP contribution >= 0.6 is 0 Å². The molecule has 0 spiro atoms. The van der Waals surface area contributed by atoms with E-state index in [2.05, 4.69) is 25.7 Å². The van der Waals surface area contributed by atoms with E-state index in [4.69, 9.17) is 0 Å². The average Bonchev–Trinajstić information content (AvgIpc) is 2.09. The molecule has 0 aromatic rings. The summed E-state index contributed by atoms with van der Waals surface area (Å²) in [5, 5.41) is 9.33. The monoisotopic (exact) mass is 156 g/mol. The van der Waals surface area contributed by atoms with E-state index in [0.29, 0.717) is 6.04 Å². The molecular formula is C9H18NO. The van der Waals surface area contributed by atoms with Gasteiger partial charge in [0.25, 0.3) is 0 Å². The topological polar surface area (TPSA) is 23.5 Å². The second-order valence-corrected chi connectivity index (χ2v) is 3.88. The molecule has 0 saturated carbocycles. The Balaban J connectivity index is 2.34. The van der Waals surface area contributed by atoms with E-state index in [1.165, 1.54) is 5.92 Å². The molecule has 2 heteroatoms. The molecular weight excluding hydrogens is 138 g/mol. The molecule has 2 nitrogen and oxygen atoms in total. The SMILES string of the molecule is C[C](C)CN1CC(O)CC1C. The number of β-amino-alcohol motifs (C(OH)–C–C–N with tert-alkyl or cyclic N) is 1. The summed E-state index contributed by atoms with van der Waals surface area (Å²) in [6, 6.07) is 0.555. The van der Waals surface area contributed by atoms with E-state index in [9.17, 15) is 5.11 Å². The Labute approximate surface area is 69.2 Å². The molecule has 11 heavy (non-hydrogen) atoms. The Bertz CT molecular complexity index is 125. The van der Waals surface area contributed by atoms with Crippen molar-refractivity contribution < 1.29 is 5.11 Å². The molecule has 1 saturated heterocycles. The number of rotatable bonds is 2. The van der Waals surface area contributed by atoms with Gasteiger partial charge >= 0.3 is 0 Å². The molecule has 1 N–H and O–H groups in total. The van der Waals surface area contributed by atoms with Crippen LogP contribution in [0.4, 0.5) is 0 Å². The fourth-order valence-electron chi connectivity index (χ4n) is 1.69. The summed E-state index contributed by atoms with van der Waals surface area (Å²) in [6.45, 7) is 8.35. The van der Waals surface area contributed by atoms with Gasteiger partial charge in [-0.3, -0.25) is 4.90 Å².